The van der Waals surface area contributed by atoms with Crippen molar-refractivity contribution in [2.45, 2.75) is 47.1 Å². The van der Waals surface area contributed by atoms with Gasteiger partial charge in [-0.25, -0.2) is 0 Å². The molecule has 0 N–H and O–H groups in total. The van der Waals surface area contributed by atoms with E-state index < -0.39 is 0 Å². The Bertz CT molecular complexity index is 979. The molecule has 0 aromatic heterocycles. The van der Waals surface area contributed by atoms with Gasteiger partial charge in [-0.15, -0.1) is 0 Å². The number of aryl methyl sites for hydroxylation is 2. The Kier molecular flexibility index (Phi) is 7.29. The Balaban J connectivity index is 2.03. The van der Waals surface area contributed by atoms with Gasteiger partial charge in [0.15, 0.2) is 0 Å². The summed E-state index contributed by atoms with van der Waals surface area (Å²) in [6.45, 7) is 11.4. The number of hydrogen-bond acceptors (Lipinski definition) is 4. The van der Waals surface area contributed by atoms with Gasteiger partial charge >= 0.3 is 0 Å². The summed E-state index contributed by atoms with van der Waals surface area (Å²) in [5, 5.41) is 0. The Morgan fingerprint density at radius 2 is 1.68 bits per heavy atom. The molecule has 2 aromatic carbocycles. The van der Waals surface area contributed by atoms with E-state index in [1.807, 2.05) is 88.0 Å². The SMILES string of the molecule is CCN(C1=C(c2ccc(C)c(C)c2)C(=O)N(CCCOC(C)C)C1=O)c1ccccc1. The van der Waals surface area contributed by atoms with Crippen LogP contribution in [0, 0.1) is 13.8 Å². The predicted molar refractivity (Wildman–Crippen MR) is 125 cm³/mol. The molecule has 0 bridgehead atoms. The number of nitrogens with zero attached hydrogens (tertiary/aromatic N) is 2. The van der Waals surface area contributed by atoms with Crippen LogP contribution in [-0.4, -0.2) is 42.5 Å². The van der Waals surface area contributed by atoms with Crippen molar-refractivity contribution in [3.05, 3.63) is 70.9 Å². The summed E-state index contributed by atoms with van der Waals surface area (Å²) in [6, 6.07) is 15.7. The van der Waals surface area contributed by atoms with Gasteiger partial charge in [-0.3, -0.25) is 14.5 Å². The van der Waals surface area contributed by atoms with E-state index >= 15 is 0 Å². The average molecular weight is 421 g/mol. The number of para-hydroxylation sites is 1. The molecule has 5 heteroatoms. The third-order valence-electron chi connectivity index (χ3n) is 5.57. The van der Waals surface area contributed by atoms with Crippen LogP contribution in [0.1, 0.15) is 43.9 Å². The zero-order chi connectivity index (χ0) is 22.5. The number of anilines is 1. The van der Waals surface area contributed by atoms with Crippen molar-refractivity contribution in [1.82, 2.24) is 4.90 Å². The number of benzene rings is 2. The minimum absolute atomic E-state index is 0.124. The zero-order valence-electron chi connectivity index (χ0n) is 19.1. The van der Waals surface area contributed by atoms with Crippen molar-refractivity contribution in [3.8, 4) is 0 Å². The van der Waals surface area contributed by atoms with Gasteiger partial charge in [0.1, 0.15) is 5.70 Å². The third kappa shape index (κ3) is 4.88. The smallest absolute Gasteiger partial charge is 0.278 e. The molecule has 0 atom stereocenters. The lowest BCUT2D eigenvalue weighted by molar-refractivity contribution is -0.137. The molecular weight excluding hydrogens is 388 g/mol. The second-order valence-corrected chi connectivity index (χ2v) is 8.14. The standard InChI is InChI=1S/C26H32N2O3/c1-6-27(22-11-8-7-9-12-22)24-23(21-14-13-19(4)20(5)17-21)25(29)28(26(24)30)15-10-16-31-18(2)3/h7-9,11-14,17-18H,6,10,15-16H2,1-5H3. The normalized spacial score (nSPS) is 14.2. The molecule has 0 saturated carbocycles. The Labute approximate surface area is 185 Å². The van der Waals surface area contributed by atoms with Crippen LogP contribution < -0.4 is 4.90 Å². The van der Waals surface area contributed by atoms with Gasteiger partial charge in [0, 0.05) is 25.4 Å². The summed E-state index contributed by atoms with van der Waals surface area (Å²) < 4.78 is 5.60. The number of carbonyl (C=O) groups is 2. The molecule has 3 rings (SSSR count). The van der Waals surface area contributed by atoms with Crippen molar-refractivity contribution in [2.24, 2.45) is 0 Å². The fourth-order valence-corrected chi connectivity index (χ4v) is 3.79. The van der Waals surface area contributed by atoms with Gasteiger partial charge in [-0.2, -0.15) is 0 Å². The summed E-state index contributed by atoms with van der Waals surface area (Å²) >= 11 is 0. The van der Waals surface area contributed by atoms with Crippen molar-refractivity contribution >= 4 is 23.1 Å². The second kappa shape index (κ2) is 9.92. The molecule has 1 aliphatic rings. The molecule has 2 amide bonds. The second-order valence-electron chi connectivity index (χ2n) is 8.14. The molecule has 0 aliphatic carbocycles. The molecular formula is C26H32N2O3. The Hall–Kier alpha value is -2.92. The van der Waals surface area contributed by atoms with Crippen molar-refractivity contribution in [1.29, 1.82) is 0 Å². The highest BCUT2D eigenvalue weighted by atomic mass is 16.5. The maximum Gasteiger partial charge on any atom is 0.278 e. The van der Waals surface area contributed by atoms with Crippen LogP contribution in [0.3, 0.4) is 0 Å². The maximum atomic E-state index is 13.5. The lowest BCUT2D eigenvalue weighted by atomic mass is 9.99. The van der Waals surface area contributed by atoms with Gasteiger partial charge in [-0.05, 0) is 69.9 Å². The van der Waals surface area contributed by atoms with Crippen LogP contribution in [0.2, 0.25) is 0 Å². The van der Waals surface area contributed by atoms with Gasteiger partial charge in [0.05, 0.1) is 11.7 Å². The number of rotatable bonds is 9. The predicted octanol–water partition coefficient (Wildman–Crippen LogP) is 4.72. The van der Waals surface area contributed by atoms with E-state index in [0.29, 0.717) is 37.4 Å². The molecule has 2 aromatic rings. The average Bonchev–Trinajstić information content (AvgIpc) is 2.99. The lowest BCUT2D eigenvalue weighted by Gasteiger charge is -2.25. The molecule has 1 aliphatic heterocycles. The molecule has 1 heterocycles. The van der Waals surface area contributed by atoms with Crippen LogP contribution in [0.25, 0.3) is 5.57 Å². The number of ether oxygens (including phenoxy) is 1. The van der Waals surface area contributed by atoms with E-state index in [2.05, 4.69) is 0 Å². The summed E-state index contributed by atoms with van der Waals surface area (Å²) in [4.78, 5) is 30.3. The van der Waals surface area contributed by atoms with Crippen LogP contribution in [0.15, 0.2) is 54.2 Å². The first-order chi connectivity index (χ1) is 14.8. The highest BCUT2D eigenvalue weighted by molar-refractivity contribution is 6.36. The van der Waals surface area contributed by atoms with Crippen LogP contribution >= 0.6 is 0 Å². The largest absolute Gasteiger partial charge is 0.379 e. The first-order valence-electron chi connectivity index (χ1n) is 11.0. The fourth-order valence-electron chi connectivity index (χ4n) is 3.79. The Morgan fingerprint density at radius 1 is 0.968 bits per heavy atom. The van der Waals surface area contributed by atoms with Gasteiger partial charge in [0.25, 0.3) is 11.8 Å². The van der Waals surface area contributed by atoms with Crippen LogP contribution in [0.4, 0.5) is 5.69 Å². The van der Waals surface area contributed by atoms with Crippen molar-refractivity contribution in [3.63, 3.8) is 0 Å². The molecule has 0 unspecified atom stereocenters. The topological polar surface area (TPSA) is 49.9 Å². The molecule has 0 spiro atoms. The molecule has 164 valence electrons. The first kappa shape index (κ1) is 22.8. The number of likely N-dealkylation sites (N-methyl/N-ethyl adjacent to an activating group) is 1. The molecule has 0 fully saturated rings. The summed E-state index contributed by atoms with van der Waals surface area (Å²) in [5.41, 5.74) is 4.85. The van der Waals surface area contributed by atoms with Gasteiger partial charge in [0.2, 0.25) is 0 Å². The quantitative estimate of drug-likeness (QED) is 0.435. The number of hydrogen-bond donors (Lipinski definition) is 0. The first-order valence-corrected chi connectivity index (χ1v) is 11.0. The van der Waals surface area contributed by atoms with Crippen LogP contribution in [-0.2, 0) is 14.3 Å². The molecule has 31 heavy (non-hydrogen) atoms. The van der Waals surface area contributed by atoms with Gasteiger partial charge < -0.3 is 9.64 Å². The highest BCUT2D eigenvalue weighted by Gasteiger charge is 2.41. The number of imide groups is 1. The molecule has 0 saturated heterocycles. The summed E-state index contributed by atoms with van der Waals surface area (Å²) in [5.74, 6) is -0.476. The van der Waals surface area contributed by atoms with E-state index in [1.54, 1.807) is 0 Å². The fraction of sp³-hybridized carbons (Fsp3) is 0.385. The lowest BCUT2D eigenvalue weighted by Crippen LogP contribution is -2.36. The van der Waals surface area contributed by atoms with Crippen molar-refractivity contribution in [2.75, 3.05) is 24.6 Å². The monoisotopic (exact) mass is 420 g/mol. The number of amides is 2. The van der Waals surface area contributed by atoms with Crippen LogP contribution in [0.5, 0.6) is 0 Å². The third-order valence-corrected chi connectivity index (χ3v) is 5.57. The van der Waals surface area contributed by atoms with Crippen molar-refractivity contribution < 1.29 is 14.3 Å². The molecule has 0 radical (unpaired) electrons. The van der Waals surface area contributed by atoms with E-state index in [9.17, 15) is 9.59 Å². The number of carbonyl (C=O) groups excluding carboxylic acids is 2. The van der Waals surface area contributed by atoms with E-state index in [1.165, 1.54) is 4.90 Å². The minimum Gasteiger partial charge on any atom is -0.379 e. The highest BCUT2D eigenvalue weighted by Crippen LogP contribution is 2.34. The maximum absolute atomic E-state index is 13.5. The minimum atomic E-state index is -0.242. The van der Waals surface area contributed by atoms with E-state index in [4.69, 9.17) is 4.74 Å². The Morgan fingerprint density at radius 3 is 2.29 bits per heavy atom. The van der Waals surface area contributed by atoms with E-state index in [-0.39, 0.29) is 17.9 Å². The molecule has 5 nitrogen and oxygen atoms in total. The summed E-state index contributed by atoms with van der Waals surface area (Å²) in [6.07, 6.45) is 0.735. The zero-order valence-corrected chi connectivity index (χ0v) is 19.1. The summed E-state index contributed by atoms with van der Waals surface area (Å²) in [7, 11) is 0. The van der Waals surface area contributed by atoms with E-state index in [0.717, 1.165) is 22.4 Å². The van der Waals surface area contributed by atoms with Gasteiger partial charge in [-0.1, -0.05) is 36.4 Å².